The molecule has 0 spiro atoms. The molecule has 1 aromatic rings. The minimum absolute atomic E-state index is 0.0567. The van der Waals surface area contributed by atoms with Gasteiger partial charge < -0.3 is 15.8 Å². The van der Waals surface area contributed by atoms with E-state index in [1.54, 1.807) is 31.2 Å². The van der Waals surface area contributed by atoms with Crippen molar-refractivity contribution < 1.29 is 14.3 Å². The van der Waals surface area contributed by atoms with Gasteiger partial charge in [0.05, 0.1) is 19.6 Å². The number of carbonyl (C=O) groups excluding carboxylic acids is 2. The van der Waals surface area contributed by atoms with Crippen molar-refractivity contribution in [3.8, 4) is 0 Å². The van der Waals surface area contributed by atoms with Crippen LogP contribution in [0.1, 0.15) is 24.9 Å². The summed E-state index contributed by atoms with van der Waals surface area (Å²) in [4.78, 5) is 23.4. The Hall–Kier alpha value is -1.59. The lowest BCUT2D eigenvalue weighted by molar-refractivity contribution is -0.141. The van der Waals surface area contributed by atoms with E-state index < -0.39 is 12.0 Å². The number of hydrogen-bond donors (Lipinski definition) is 2. The van der Waals surface area contributed by atoms with Gasteiger partial charge in [-0.3, -0.25) is 9.59 Å². The summed E-state index contributed by atoms with van der Waals surface area (Å²) in [5, 5.41) is 3.40. The van der Waals surface area contributed by atoms with Gasteiger partial charge in [0, 0.05) is 17.5 Å². The molecule has 110 valence electrons. The molecule has 0 saturated carbocycles. The number of hydrogen-bond acceptors (Lipinski definition) is 4. The van der Waals surface area contributed by atoms with Crippen LogP contribution in [0.4, 0.5) is 0 Å². The molecule has 1 rings (SSSR count). The molecule has 0 fully saturated rings. The van der Waals surface area contributed by atoms with Crippen LogP contribution in [0.3, 0.4) is 0 Å². The van der Waals surface area contributed by atoms with E-state index >= 15 is 0 Å². The molecule has 0 aromatic heterocycles. The maximum absolute atomic E-state index is 11.9. The normalized spacial score (nSPS) is 13.4. The van der Waals surface area contributed by atoms with Crippen LogP contribution in [-0.4, -0.2) is 25.5 Å². The van der Waals surface area contributed by atoms with Crippen molar-refractivity contribution in [2.75, 3.05) is 13.7 Å². The zero-order valence-electron chi connectivity index (χ0n) is 11.6. The fourth-order valence-corrected chi connectivity index (χ4v) is 1.74. The zero-order valence-corrected chi connectivity index (χ0v) is 12.3. The Bertz CT molecular complexity index is 462. The summed E-state index contributed by atoms with van der Waals surface area (Å²) >= 11 is 5.83. The van der Waals surface area contributed by atoms with Crippen molar-refractivity contribution >= 4 is 23.5 Å². The van der Waals surface area contributed by atoms with E-state index in [1.165, 1.54) is 7.11 Å². The highest BCUT2D eigenvalue weighted by Crippen LogP contribution is 2.20. The van der Waals surface area contributed by atoms with Crippen LogP contribution in [0.2, 0.25) is 5.02 Å². The van der Waals surface area contributed by atoms with Crippen molar-refractivity contribution in [2.24, 2.45) is 11.7 Å². The van der Waals surface area contributed by atoms with Crippen LogP contribution >= 0.6 is 11.6 Å². The van der Waals surface area contributed by atoms with E-state index in [-0.39, 0.29) is 24.8 Å². The van der Waals surface area contributed by atoms with Gasteiger partial charge in [-0.25, -0.2) is 0 Å². The standard InChI is InChI=1S/C14H19ClN2O3/c1-9(8-16)14(19)17-12(7-13(18)20-2)10-3-5-11(15)6-4-10/h3-6,9,12H,7-8,16H2,1-2H3,(H,17,19)/t9?,12-/m0/s1. The minimum Gasteiger partial charge on any atom is -0.469 e. The number of nitrogens with one attached hydrogen (secondary N) is 1. The number of methoxy groups -OCH3 is 1. The second kappa shape index (κ2) is 7.87. The number of amides is 1. The molecule has 20 heavy (non-hydrogen) atoms. The van der Waals surface area contributed by atoms with E-state index in [1.807, 2.05) is 0 Å². The van der Waals surface area contributed by atoms with Crippen molar-refractivity contribution in [2.45, 2.75) is 19.4 Å². The van der Waals surface area contributed by atoms with Crippen LogP contribution in [0.5, 0.6) is 0 Å². The molecule has 1 amide bonds. The van der Waals surface area contributed by atoms with Crippen molar-refractivity contribution in [3.05, 3.63) is 34.9 Å². The van der Waals surface area contributed by atoms with Crippen LogP contribution in [0, 0.1) is 5.92 Å². The second-order valence-electron chi connectivity index (χ2n) is 4.53. The third kappa shape index (κ3) is 4.83. The predicted octanol–water partition coefficient (Wildman–Crippen LogP) is 1.66. The number of benzene rings is 1. The highest BCUT2D eigenvalue weighted by molar-refractivity contribution is 6.30. The van der Waals surface area contributed by atoms with Gasteiger partial charge in [0.1, 0.15) is 0 Å². The van der Waals surface area contributed by atoms with E-state index in [9.17, 15) is 9.59 Å². The average Bonchev–Trinajstić information content (AvgIpc) is 2.46. The minimum atomic E-state index is -0.457. The Labute approximate surface area is 123 Å². The topological polar surface area (TPSA) is 81.4 Å². The van der Waals surface area contributed by atoms with Crippen LogP contribution in [-0.2, 0) is 14.3 Å². The molecule has 2 atom stereocenters. The van der Waals surface area contributed by atoms with Crippen LogP contribution in [0.15, 0.2) is 24.3 Å². The predicted molar refractivity (Wildman–Crippen MR) is 77.2 cm³/mol. The molecule has 0 radical (unpaired) electrons. The van der Waals surface area contributed by atoms with E-state index in [2.05, 4.69) is 10.1 Å². The van der Waals surface area contributed by atoms with Gasteiger partial charge in [0.15, 0.2) is 0 Å². The summed E-state index contributed by atoms with van der Waals surface area (Å²) < 4.78 is 4.65. The number of carbonyl (C=O) groups is 2. The molecular formula is C14H19ClN2O3. The summed E-state index contributed by atoms with van der Waals surface area (Å²) in [5.74, 6) is -0.913. The van der Waals surface area contributed by atoms with Gasteiger partial charge in [-0.15, -0.1) is 0 Å². The maximum atomic E-state index is 11.9. The fourth-order valence-electron chi connectivity index (χ4n) is 1.62. The van der Waals surface area contributed by atoms with Gasteiger partial charge in [0.2, 0.25) is 5.91 Å². The van der Waals surface area contributed by atoms with Crippen molar-refractivity contribution in [1.82, 2.24) is 5.32 Å². The summed E-state index contributed by atoms with van der Waals surface area (Å²) in [6, 6.07) is 6.49. The molecule has 5 nitrogen and oxygen atoms in total. The highest BCUT2D eigenvalue weighted by atomic mass is 35.5. The fraction of sp³-hybridized carbons (Fsp3) is 0.429. The monoisotopic (exact) mass is 298 g/mol. The lowest BCUT2D eigenvalue weighted by Gasteiger charge is -2.20. The summed E-state index contributed by atoms with van der Waals surface area (Å²) in [5.41, 5.74) is 6.25. The Kier molecular flexibility index (Phi) is 6.48. The largest absolute Gasteiger partial charge is 0.469 e. The van der Waals surface area contributed by atoms with Gasteiger partial charge in [0.25, 0.3) is 0 Å². The van der Waals surface area contributed by atoms with Crippen LogP contribution in [0.25, 0.3) is 0 Å². The van der Waals surface area contributed by atoms with Crippen LogP contribution < -0.4 is 11.1 Å². The highest BCUT2D eigenvalue weighted by Gasteiger charge is 2.21. The number of rotatable bonds is 6. The van der Waals surface area contributed by atoms with E-state index in [4.69, 9.17) is 17.3 Å². The first-order valence-electron chi connectivity index (χ1n) is 6.30. The Morgan fingerprint density at radius 3 is 2.45 bits per heavy atom. The first kappa shape index (κ1) is 16.5. The number of ether oxygens (including phenoxy) is 1. The lowest BCUT2D eigenvalue weighted by atomic mass is 10.0. The number of halogens is 1. The molecule has 0 saturated heterocycles. The second-order valence-corrected chi connectivity index (χ2v) is 4.97. The quantitative estimate of drug-likeness (QED) is 0.783. The summed E-state index contributed by atoms with van der Waals surface area (Å²) in [7, 11) is 1.31. The van der Waals surface area contributed by atoms with E-state index in [0.29, 0.717) is 5.02 Å². The third-order valence-electron chi connectivity index (χ3n) is 2.99. The average molecular weight is 299 g/mol. The Balaban J connectivity index is 2.87. The number of nitrogens with two attached hydrogens (primary N) is 1. The number of esters is 1. The third-order valence-corrected chi connectivity index (χ3v) is 3.24. The molecule has 0 aliphatic carbocycles. The SMILES string of the molecule is COC(=O)C[C@H](NC(=O)C(C)CN)c1ccc(Cl)cc1. The van der Waals surface area contributed by atoms with Gasteiger partial charge in [-0.05, 0) is 17.7 Å². The molecule has 0 heterocycles. The van der Waals surface area contributed by atoms with Gasteiger partial charge in [-0.2, -0.15) is 0 Å². The molecule has 1 unspecified atom stereocenters. The maximum Gasteiger partial charge on any atom is 0.307 e. The van der Waals surface area contributed by atoms with Crippen molar-refractivity contribution in [3.63, 3.8) is 0 Å². The van der Waals surface area contributed by atoms with Gasteiger partial charge >= 0.3 is 5.97 Å². The molecule has 0 aliphatic heterocycles. The molecule has 3 N–H and O–H groups in total. The molecule has 6 heteroatoms. The first-order chi connectivity index (χ1) is 9.47. The first-order valence-corrected chi connectivity index (χ1v) is 6.68. The molecule has 0 aliphatic rings. The van der Waals surface area contributed by atoms with Crippen molar-refractivity contribution in [1.29, 1.82) is 0 Å². The molecular weight excluding hydrogens is 280 g/mol. The Morgan fingerprint density at radius 2 is 1.95 bits per heavy atom. The summed E-state index contributed by atoms with van der Waals surface area (Å²) in [6.45, 7) is 1.98. The van der Waals surface area contributed by atoms with Gasteiger partial charge in [-0.1, -0.05) is 30.7 Å². The molecule has 1 aromatic carbocycles. The molecule has 0 bridgehead atoms. The van der Waals surface area contributed by atoms with E-state index in [0.717, 1.165) is 5.56 Å². The zero-order chi connectivity index (χ0) is 15.1. The summed E-state index contributed by atoms with van der Waals surface area (Å²) in [6.07, 6.45) is 0.0567. The Morgan fingerprint density at radius 1 is 1.35 bits per heavy atom. The lowest BCUT2D eigenvalue weighted by Crippen LogP contribution is -2.36. The smallest absolute Gasteiger partial charge is 0.307 e.